The van der Waals surface area contributed by atoms with Gasteiger partial charge in [0, 0.05) is 27.3 Å². The summed E-state index contributed by atoms with van der Waals surface area (Å²) < 4.78 is 1.20. The van der Waals surface area contributed by atoms with Crippen molar-refractivity contribution < 1.29 is 0 Å². The van der Waals surface area contributed by atoms with Crippen LogP contribution in [0.1, 0.15) is 17.7 Å². The third-order valence-corrected chi connectivity index (χ3v) is 3.46. The third kappa shape index (κ3) is 2.29. The maximum absolute atomic E-state index is 3.48. The van der Waals surface area contributed by atoms with E-state index in [1.807, 2.05) is 11.3 Å². The Morgan fingerprint density at radius 3 is 3.00 bits per heavy atom. The molecule has 1 aromatic rings. The first kappa shape index (κ1) is 7.77. The van der Waals surface area contributed by atoms with Gasteiger partial charge in [0.15, 0.2) is 0 Å². The zero-order valence-electron chi connectivity index (χ0n) is 6.14. The largest absolute Gasteiger partial charge is 0.309 e. The molecule has 1 N–H and O–H groups in total. The predicted octanol–water partition coefficient (Wildman–Crippen LogP) is 2.76. The van der Waals surface area contributed by atoms with Gasteiger partial charge in [-0.15, -0.1) is 11.3 Å². The van der Waals surface area contributed by atoms with Crippen molar-refractivity contribution in [1.29, 1.82) is 0 Å². The highest BCUT2D eigenvalue weighted by Gasteiger charge is 2.19. The minimum Gasteiger partial charge on any atom is -0.309 e. The minimum absolute atomic E-state index is 0.816. The van der Waals surface area contributed by atoms with Crippen LogP contribution in [-0.4, -0.2) is 6.04 Å². The highest BCUT2D eigenvalue weighted by Crippen LogP contribution is 2.22. The molecule has 0 radical (unpaired) electrons. The lowest BCUT2D eigenvalue weighted by Crippen LogP contribution is -2.14. The van der Waals surface area contributed by atoms with Gasteiger partial charge in [0.2, 0.25) is 0 Å². The molecule has 3 heteroatoms. The molecule has 1 fully saturated rings. The summed E-state index contributed by atoms with van der Waals surface area (Å²) in [5.74, 6) is 0. The summed E-state index contributed by atoms with van der Waals surface area (Å²) in [6.45, 7) is 1.04. The van der Waals surface area contributed by atoms with Crippen LogP contribution in [0.25, 0.3) is 0 Å². The monoisotopic (exact) mass is 231 g/mol. The van der Waals surface area contributed by atoms with E-state index in [2.05, 4.69) is 32.7 Å². The first-order chi connectivity index (χ1) is 5.34. The molecule has 1 aliphatic rings. The fourth-order valence-electron chi connectivity index (χ4n) is 0.979. The summed E-state index contributed by atoms with van der Waals surface area (Å²) in [4.78, 5) is 1.42. The minimum atomic E-state index is 0.816. The summed E-state index contributed by atoms with van der Waals surface area (Å²) in [5.41, 5.74) is 0. The molecular weight excluding hydrogens is 222 g/mol. The summed E-state index contributed by atoms with van der Waals surface area (Å²) >= 11 is 5.25. The topological polar surface area (TPSA) is 12.0 Å². The molecule has 60 valence electrons. The van der Waals surface area contributed by atoms with Crippen LogP contribution in [-0.2, 0) is 6.54 Å². The molecule has 2 rings (SSSR count). The van der Waals surface area contributed by atoms with Gasteiger partial charge in [0.25, 0.3) is 0 Å². The van der Waals surface area contributed by atoms with E-state index in [0.717, 1.165) is 12.6 Å². The van der Waals surface area contributed by atoms with Crippen LogP contribution < -0.4 is 5.32 Å². The molecular formula is C8H10BrNS. The van der Waals surface area contributed by atoms with Crippen LogP contribution in [0, 0.1) is 0 Å². The third-order valence-electron chi connectivity index (χ3n) is 1.76. The Balaban J connectivity index is 1.85. The summed E-state index contributed by atoms with van der Waals surface area (Å²) in [6, 6.07) is 3.00. The first-order valence-corrected chi connectivity index (χ1v) is 5.48. The molecule has 0 aromatic carbocycles. The Morgan fingerprint density at radius 2 is 2.45 bits per heavy atom. The molecule has 0 spiro atoms. The molecule has 0 unspecified atom stereocenters. The van der Waals surface area contributed by atoms with Crippen LogP contribution in [0.15, 0.2) is 15.9 Å². The fraction of sp³-hybridized carbons (Fsp3) is 0.500. The van der Waals surface area contributed by atoms with Gasteiger partial charge in [-0.25, -0.2) is 0 Å². The molecule has 1 aromatic heterocycles. The fourth-order valence-corrected chi connectivity index (χ4v) is 2.38. The zero-order chi connectivity index (χ0) is 7.68. The van der Waals surface area contributed by atoms with Crippen LogP contribution in [0.3, 0.4) is 0 Å². The Kier molecular flexibility index (Phi) is 2.30. The number of thiophene rings is 1. The van der Waals surface area contributed by atoms with Gasteiger partial charge in [0.1, 0.15) is 0 Å². The Labute approximate surface area is 78.9 Å². The average molecular weight is 232 g/mol. The van der Waals surface area contributed by atoms with Crippen LogP contribution in [0.2, 0.25) is 0 Å². The van der Waals surface area contributed by atoms with Gasteiger partial charge in [-0.05, 0) is 34.8 Å². The smallest absolute Gasteiger partial charge is 0.0302 e. The number of rotatable bonds is 3. The van der Waals surface area contributed by atoms with Crippen LogP contribution >= 0.6 is 27.3 Å². The van der Waals surface area contributed by atoms with E-state index in [0.29, 0.717) is 0 Å². The highest BCUT2D eigenvalue weighted by atomic mass is 79.9. The van der Waals surface area contributed by atoms with Crippen molar-refractivity contribution in [3.05, 3.63) is 20.8 Å². The lowest BCUT2D eigenvalue weighted by molar-refractivity contribution is 0.695. The van der Waals surface area contributed by atoms with Crippen molar-refractivity contribution in [1.82, 2.24) is 5.32 Å². The van der Waals surface area contributed by atoms with E-state index in [9.17, 15) is 0 Å². The molecule has 0 saturated heterocycles. The van der Waals surface area contributed by atoms with E-state index in [4.69, 9.17) is 0 Å². The maximum Gasteiger partial charge on any atom is 0.0302 e. The van der Waals surface area contributed by atoms with E-state index >= 15 is 0 Å². The zero-order valence-corrected chi connectivity index (χ0v) is 8.54. The van der Waals surface area contributed by atoms with Gasteiger partial charge in [-0.3, -0.25) is 0 Å². The van der Waals surface area contributed by atoms with Crippen molar-refractivity contribution in [3.8, 4) is 0 Å². The SMILES string of the molecule is Brc1csc(CNC2CC2)c1. The molecule has 0 atom stereocenters. The quantitative estimate of drug-likeness (QED) is 0.844. The number of nitrogens with one attached hydrogen (secondary N) is 1. The number of hydrogen-bond acceptors (Lipinski definition) is 2. The summed E-state index contributed by atoms with van der Waals surface area (Å²) in [6.07, 6.45) is 2.74. The van der Waals surface area contributed by atoms with Crippen LogP contribution in [0.5, 0.6) is 0 Å². The van der Waals surface area contributed by atoms with Gasteiger partial charge >= 0.3 is 0 Å². The lowest BCUT2D eigenvalue weighted by Gasteiger charge is -1.97. The van der Waals surface area contributed by atoms with Gasteiger partial charge in [-0.2, -0.15) is 0 Å². The molecule has 0 bridgehead atoms. The lowest BCUT2D eigenvalue weighted by atomic mass is 10.4. The summed E-state index contributed by atoms with van der Waals surface area (Å²) in [5, 5.41) is 5.60. The Bertz CT molecular complexity index is 242. The van der Waals surface area contributed by atoms with E-state index in [1.54, 1.807) is 0 Å². The maximum atomic E-state index is 3.48. The molecule has 0 amide bonds. The molecule has 1 saturated carbocycles. The van der Waals surface area contributed by atoms with E-state index in [-0.39, 0.29) is 0 Å². The molecule has 0 aliphatic heterocycles. The van der Waals surface area contributed by atoms with Crippen molar-refractivity contribution >= 4 is 27.3 Å². The molecule has 1 aliphatic carbocycles. The molecule has 1 heterocycles. The Hall–Kier alpha value is 0.140. The summed E-state index contributed by atoms with van der Waals surface area (Å²) in [7, 11) is 0. The highest BCUT2D eigenvalue weighted by molar-refractivity contribution is 9.10. The predicted molar refractivity (Wildman–Crippen MR) is 51.9 cm³/mol. The number of halogens is 1. The van der Waals surface area contributed by atoms with Crippen molar-refractivity contribution in [2.24, 2.45) is 0 Å². The second-order valence-electron chi connectivity index (χ2n) is 2.89. The molecule has 11 heavy (non-hydrogen) atoms. The van der Waals surface area contributed by atoms with E-state index < -0.39 is 0 Å². The van der Waals surface area contributed by atoms with E-state index in [1.165, 1.54) is 22.2 Å². The van der Waals surface area contributed by atoms with Crippen molar-refractivity contribution in [2.45, 2.75) is 25.4 Å². The first-order valence-electron chi connectivity index (χ1n) is 3.81. The standard InChI is InChI=1S/C8H10BrNS/c9-6-3-8(11-5-6)4-10-7-1-2-7/h3,5,7,10H,1-2,4H2. The Morgan fingerprint density at radius 1 is 1.64 bits per heavy atom. The average Bonchev–Trinajstić information content (AvgIpc) is 2.72. The number of hydrogen-bond donors (Lipinski definition) is 1. The normalized spacial score (nSPS) is 17.2. The van der Waals surface area contributed by atoms with Gasteiger partial charge in [-0.1, -0.05) is 0 Å². The van der Waals surface area contributed by atoms with Crippen molar-refractivity contribution in [2.75, 3.05) is 0 Å². The van der Waals surface area contributed by atoms with Crippen LogP contribution in [0.4, 0.5) is 0 Å². The van der Waals surface area contributed by atoms with Crippen molar-refractivity contribution in [3.63, 3.8) is 0 Å². The second-order valence-corrected chi connectivity index (χ2v) is 4.80. The van der Waals surface area contributed by atoms with Gasteiger partial charge in [0.05, 0.1) is 0 Å². The van der Waals surface area contributed by atoms with Gasteiger partial charge < -0.3 is 5.32 Å². The molecule has 1 nitrogen and oxygen atoms in total. The second kappa shape index (κ2) is 3.25.